The molecule has 2 aromatic carbocycles. The number of aliphatic hydroxyl groups is 1. The van der Waals surface area contributed by atoms with E-state index in [-0.39, 0.29) is 31.6 Å². The van der Waals surface area contributed by atoms with Gasteiger partial charge in [0, 0.05) is 25.4 Å². The first-order valence-electron chi connectivity index (χ1n) is 13.8. The summed E-state index contributed by atoms with van der Waals surface area (Å²) in [4.78, 5) is 45.3. The number of rotatable bonds is 4. The zero-order chi connectivity index (χ0) is 27.2. The molecular weight excluding hydrogens is 496 g/mol. The van der Waals surface area contributed by atoms with Crippen LogP contribution in [-0.2, 0) is 23.9 Å². The molecule has 5 atom stereocenters. The molecule has 0 bridgehead atoms. The van der Waals surface area contributed by atoms with E-state index in [0.717, 1.165) is 35.7 Å². The summed E-state index contributed by atoms with van der Waals surface area (Å²) in [7, 11) is 0. The van der Waals surface area contributed by atoms with Crippen LogP contribution in [0.2, 0.25) is 0 Å². The molecule has 1 N–H and O–H groups in total. The number of hydrogen-bond acceptors (Lipinski definition) is 6. The van der Waals surface area contributed by atoms with Crippen molar-refractivity contribution >= 4 is 34.2 Å². The molecule has 1 spiro atoms. The van der Waals surface area contributed by atoms with Gasteiger partial charge in [0.1, 0.15) is 17.6 Å². The Kier molecular flexibility index (Phi) is 6.55. The SMILES string of the molecule is C[C@@]12/C=C\CCCCOC(=O)[C@@H]1[C@H]1C(=O)N(CCCO)C3C(=O)N(c4ccc5ccccc5c4)CC=C[C@@]31O2. The minimum atomic E-state index is -1.34. The van der Waals surface area contributed by atoms with Gasteiger partial charge < -0.3 is 24.4 Å². The average Bonchev–Trinajstić information content (AvgIpc) is 3.26. The number of hydrogen-bond donors (Lipinski definition) is 1. The van der Waals surface area contributed by atoms with E-state index in [9.17, 15) is 19.5 Å². The Morgan fingerprint density at radius 1 is 0.974 bits per heavy atom. The number of benzene rings is 2. The minimum absolute atomic E-state index is 0.126. The molecule has 4 aliphatic rings. The van der Waals surface area contributed by atoms with Crippen molar-refractivity contribution in [1.29, 1.82) is 0 Å². The molecule has 0 radical (unpaired) electrons. The molecule has 0 aliphatic carbocycles. The number of carbonyl (C=O) groups excluding carboxylic acids is 3. The fourth-order valence-electron chi connectivity index (χ4n) is 6.85. The van der Waals surface area contributed by atoms with Crippen molar-refractivity contribution < 1.29 is 29.0 Å². The maximum Gasteiger partial charge on any atom is 0.313 e. The molecule has 204 valence electrons. The van der Waals surface area contributed by atoms with E-state index in [0.29, 0.717) is 13.0 Å². The van der Waals surface area contributed by atoms with Crippen LogP contribution in [-0.4, -0.2) is 71.3 Å². The fraction of sp³-hybridized carbons (Fsp3) is 0.452. The molecule has 8 nitrogen and oxygen atoms in total. The van der Waals surface area contributed by atoms with E-state index in [1.54, 1.807) is 4.90 Å². The molecule has 39 heavy (non-hydrogen) atoms. The van der Waals surface area contributed by atoms with Gasteiger partial charge in [-0.1, -0.05) is 54.6 Å². The maximum atomic E-state index is 14.5. The normalized spacial score (nSPS) is 33.4. The largest absolute Gasteiger partial charge is 0.465 e. The maximum absolute atomic E-state index is 14.5. The third-order valence-electron chi connectivity index (χ3n) is 8.60. The van der Waals surface area contributed by atoms with Crippen molar-refractivity contribution in [2.75, 3.05) is 31.2 Å². The van der Waals surface area contributed by atoms with Crippen LogP contribution in [0, 0.1) is 11.8 Å². The zero-order valence-electron chi connectivity index (χ0n) is 22.1. The van der Waals surface area contributed by atoms with Gasteiger partial charge >= 0.3 is 5.97 Å². The van der Waals surface area contributed by atoms with Crippen molar-refractivity contribution in [3.05, 3.63) is 66.8 Å². The molecule has 0 aromatic heterocycles. The summed E-state index contributed by atoms with van der Waals surface area (Å²) in [5.41, 5.74) is -1.73. The lowest BCUT2D eigenvalue weighted by Gasteiger charge is -2.37. The van der Waals surface area contributed by atoms with Gasteiger partial charge in [0.25, 0.3) is 5.91 Å². The van der Waals surface area contributed by atoms with E-state index >= 15 is 0 Å². The lowest BCUT2D eigenvalue weighted by Crippen LogP contribution is -2.56. The number of cyclic esters (lactones) is 1. The van der Waals surface area contributed by atoms with Crippen molar-refractivity contribution in [3.8, 4) is 0 Å². The highest BCUT2D eigenvalue weighted by atomic mass is 16.6. The quantitative estimate of drug-likeness (QED) is 0.481. The Morgan fingerprint density at radius 2 is 1.79 bits per heavy atom. The van der Waals surface area contributed by atoms with Gasteiger partial charge in [0.2, 0.25) is 5.91 Å². The molecule has 8 heteroatoms. The number of carbonyl (C=O) groups is 3. The van der Waals surface area contributed by atoms with Crippen LogP contribution in [0.15, 0.2) is 66.8 Å². The number of amides is 2. The van der Waals surface area contributed by atoms with Crippen LogP contribution in [0.25, 0.3) is 10.8 Å². The summed E-state index contributed by atoms with van der Waals surface area (Å²) in [5, 5.41) is 11.7. The zero-order valence-corrected chi connectivity index (χ0v) is 22.1. The summed E-state index contributed by atoms with van der Waals surface area (Å²) in [6.07, 6.45) is 10.3. The molecule has 2 saturated heterocycles. The average molecular weight is 531 g/mol. The van der Waals surface area contributed by atoms with Crippen LogP contribution < -0.4 is 4.90 Å². The van der Waals surface area contributed by atoms with E-state index < -0.39 is 35.0 Å². The summed E-state index contributed by atoms with van der Waals surface area (Å²) in [6, 6.07) is 12.8. The highest BCUT2D eigenvalue weighted by Gasteiger charge is 2.74. The van der Waals surface area contributed by atoms with Crippen molar-refractivity contribution in [2.24, 2.45) is 11.8 Å². The highest BCUT2D eigenvalue weighted by Crippen LogP contribution is 2.57. The number of ether oxygens (including phenoxy) is 2. The van der Waals surface area contributed by atoms with E-state index in [2.05, 4.69) is 0 Å². The third kappa shape index (κ3) is 4.08. The first kappa shape index (κ1) is 25.8. The second-order valence-electron chi connectivity index (χ2n) is 11.1. The Labute approximate surface area is 227 Å². The minimum Gasteiger partial charge on any atom is -0.465 e. The van der Waals surface area contributed by atoms with Crippen LogP contribution in [0.3, 0.4) is 0 Å². The van der Waals surface area contributed by atoms with Gasteiger partial charge in [-0.2, -0.15) is 0 Å². The first-order valence-corrected chi connectivity index (χ1v) is 13.8. The molecule has 4 heterocycles. The molecule has 4 aliphatic heterocycles. The third-order valence-corrected chi connectivity index (χ3v) is 8.60. The molecule has 2 amide bonds. The molecule has 1 unspecified atom stereocenters. The number of esters is 1. The van der Waals surface area contributed by atoms with Crippen LogP contribution in [0.5, 0.6) is 0 Å². The van der Waals surface area contributed by atoms with E-state index in [4.69, 9.17) is 9.47 Å². The highest BCUT2D eigenvalue weighted by molar-refractivity contribution is 6.06. The van der Waals surface area contributed by atoms with E-state index in [1.165, 1.54) is 4.90 Å². The monoisotopic (exact) mass is 530 g/mol. The number of fused-ring (bicyclic) bond motifs is 3. The van der Waals surface area contributed by atoms with Gasteiger partial charge in [-0.15, -0.1) is 0 Å². The Balaban J connectivity index is 1.46. The number of likely N-dealkylation sites (tertiary alicyclic amines) is 1. The Morgan fingerprint density at radius 3 is 2.62 bits per heavy atom. The first-order chi connectivity index (χ1) is 18.9. The molecule has 6 rings (SSSR count). The summed E-state index contributed by atoms with van der Waals surface area (Å²) in [5.74, 6) is -2.87. The molecular formula is C31H34N2O6. The predicted octanol–water partition coefficient (Wildman–Crippen LogP) is 3.38. The van der Waals surface area contributed by atoms with Crippen molar-refractivity contribution in [2.45, 2.75) is 49.9 Å². The van der Waals surface area contributed by atoms with Gasteiger partial charge in [-0.05, 0) is 55.5 Å². The second-order valence-corrected chi connectivity index (χ2v) is 11.1. The topological polar surface area (TPSA) is 96.4 Å². The van der Waals surface area contributed by atoms with Gasteiger partial charge in [0.05, 0.1) is 18.1 Å². The number of anilines is 1. The lowest BCUT2D eigenvalue weighted by atomic mass is 9.74. The van der Waals surface area contributed by atoms with Crippen LogP contribution in [0.1, 0.15) is 32.6 Å². The predicted molar refractivity (Wildman–Crippen MR) is 146 cm³/mol. The summed E-state index contributed by atoms with van der Waals surface area (Å²) in [6.45, 7) is 2.46. The second kappa shape index (κ2) is 9.92. The summed E-state index contributed by atoms with van der Waals surface area (Å²) >= 11 is 0. The number of aliphatic hydroxyl groups excluding tert-OH is 1. The molecule has 2 aromatic rings. The smallest absolute Gasteiger partial charge is 0.313 e. The van der Waals surface area contributed by atoms with E-state index in [1.807, 2.05) is 73.7 Å². The van der Waals surface area contributed by atoms with Crippen LogP contribution in [0.4, 0.5) is 5.69 Å². The number of nitrogens with zero attached hydrogens (tertiary/aromatic N) is 2. The molecule has 2 fully saturated rings. The fourth-order valence-corrected chi connectivity index (χ4v) is 6.85. The number of allylic oxidation sites excluding steroid dienone is 1. The molecule has 0 saturated carbocycles. The Bertz CT molecular complexity index is 1370. The lowest BCUT2D eigenvalue weighted by molar-refractivity contribution is -0.158. The summed E-state index contributed by atoms with van der Waals surface area (Å²) < 4.78 is 12.5. The van der Waals surface area contributed by atoms with Gasteiger partial charge in [-0.25, -0.2) is 0 Å². The van der Waals surface area contributed by atoms with Gasteiger partial charge in [-0.3, -0.25) is 14.4 Å². The van der Waals surface area contributed by atoms with Crippen LogP contribution >= 0.6 is 0 Å². The van der Waals surface area contributed by atoms with Crippen molar-refractivity contribution in [1.82, 2.24) is 4.90 Å². The standard InChI is InChI=1S/C31H34N2O6/c1-30-14-6-2-3-7-19-38-29(37)25(30)24-27(35)33(17-9-18-34)26-28(36)32(16-8-15-31(24,26)39-30)23-13-12-21-10-4-5-11-22(21)20-23/h4-6,8,10-15,20,24-26,34H,2-3,7,9,16-19H2,1H3/b14-6-/t24-,25-,26?,30+,31-/m0/s1. The Hall–Kier alpha value is -3.49. The van der Waals surface area contributed by atoms with Gasteiger partial charge in [0.15, 0.2) is 0 Å². The van der Waals surface area contributed by atoms with Crippen molar-refractivity contribution in [3.63, 3.8) is 0 Å².